The van der Waals surface area contributed by atoms with E-state index < -0.39 is 11.8 Å². The molecule has 0 saturated carbocycles. The highest BCUT2D eigenvalue weighted by molar-refractivity contribution is 6.46. The van der Waals surface area contributed by atoms with Crippen LogP contribution in [0.4, 0.5) is 11.4 Å². The number of anilines is 2. The summed E-state index contributed by atoms with van der Waals surface area (Å²) in [6.45, 7) is 3.79. The minimum Gasteiger partial charge on any atom is -0.497 e. The number of carbonyl (C=O) groups is 2. The zero-order valence-electron chi connectivity index (χ0n) is 19.8. The Morgan fingerprint density at radius 3 is 2.09 bits per heavy atom. The van der Waals surface area contributed by atoms with E-state index in [0.717, 1.165) is 11.1 Å². The third kappa shape index (κ3) is 4.08. The minimum absolute atomic E-state index is 0.144. The van der Waals surface area contributed by atoms with Gasteiger partial charge in [-0.3, -0.25) is 9.59 Å². The molecule has 1 aliphatic heterocycles. The summed E-state index contributed by atoms with van der Waals surface area (Å²) in [5.74, 6) is 0.694. The van der Waals surface area contributed by atoms with Crippen LogP contribution in [0.15, 0.2) is 66.4 Å². The Kier molecular flexibility index (Phi) is 6.27. The van der Waals surface area contributed by atoms with Crippen molar-refractivity contribution in [1.82, 2.24) is 0 Å². The number of carbonyl (C=O) groups excluding carboxylic acids is 2. The van der Waals surface area contributed by atoms with Crippen LogP contribution in [0.25, 0.3) is 5.57 Å². The number of aryl methyl sites for hydroxylation is 2. The Hall–Kier alpha value is -4.26. The number of benzene rings is 3. The molecule has 2 amide bonds. The van der Waals surface area contributed by atoms with Gasteiger partial charge in [0.2, 0.25) is 0 Å². The minimum atomic E-state index is -0.457. The summed E-state index contributed by atoms with van der Waals surface area (Å²) in [6, 6.07) is 18.0. The lowest BCUT2D eigenvalue weighted by Gasteiger charge is -2.18. The predicted molar refractivity (Wildman–Crippen MR) is 131 cm³/mol. The molecule has 0 fully saturated rings. The van der Waals surface area contributed by atoms with E-state index in [1.54, 1.807) is 50.6 Å². The SMILES string of the molecule is COc1cc(NC2=C(c3ccccc3OC)C(=O)N(c3cc(C)ccc3C)C2=O)cc(OC)c1. The molecule has 3 aromatic carbocycles. The van der Waals surface area contributed by atoms with Gasteiger partial charge in [0.25, 0.3) is 11.8 Å². The van der Waals surface area contributed by atoms with Gasteiger partial charge in [-0.2, -0.15) is 0 Å². The number of imide groups is 1. The van der Waals surface area contributed by atoms with Gasteiger partial charge >= 0.3 is 0 Å². The molecule has 0 unspecified atom stereocenters. The van der Waals surface area contributed by atoms with Gasteiger partial charge in [-0.05, 0) is 37.1 Å². The van der Waals surface area contributed by atoms with Crippen LogP contribution in [0, 0.1) is 13.8 Å². The van der Waals surface area contributed by atoms with Crippen molar-refractivity contribution in [2.24, 2.45) is 0 Å². The van der Waals surface area contributed by atoms with E-state index in [4.69, 9.17) is 14.2 Å². The molecule has 1 aliphatic rings. The van der Waals surface area contributed by atoms with E-state index in [0.29, 0.717) is 34.2 Å². The number of amides is 2. The van der Waals surface area contributed by atoms with Crippen molar-refractivity contribution >= 4 is 28.8 Å². The van der Waals surface area contributed by atoms with Crippen molar-refractivity contribution in [3.05, 3.63) is 83.1 Å². The highest BCUT2D eigenvalue weighted by Gasteiger charge is 2.41. The first-order valence-corrected chi connectivity index (χ1v) is 10.7. The van der Waals surface area contributed by atoms with E-state index >= 15 is 0 Å². The largest absolute Gasteiger partial charge is 0.497 e. The zero-order valence-corrected chi connectivity index (χ0v) is 19.8. The van der Waals surface area contributed by atoms with Crippen molar-refractivity contribution < 1.29 is 23.8 Å². The molecule has 0 atom stereocenters. The molecule has 1 N–H and O–H groups in total. The highest BCUT2D eigenvalue weighted by Crippen LogP contribution is 2.39. The normalized spacial score (nSPS) is 13.4. The van der Waals surface area contributed by atoms with Crippen LogP contribution < -0.4 is 24.4 Å². The van der Waals surface area contributed by atoms with Crippen molar-refractivity contribution in [2.45, 2.75) is 13.8 Å². The van der Waals surface area contributed by atoms with E-state index in [1.165, 1.54) is 12.0 Å². The molecule has 0 aliphatic carbocycles. The van der Waals surface area contributed by atoms with Gasteiger partial charge in [0.05, 0.1) is 32.6 Å². The fourth-order valence-electron chi connectivity index (χ4n) is 3.95. The Labute approximate surface area is 198 Å². The number of rotatable bonds is 7. The topological polar surface area (TPSA) is 77.1 Å². The fourth-order valence-corrected chi connectivity index (χ4v) is 3.95. The smallest absolute Gasteiger partial charge is 0.282 e. The first-order chi connectivity index (χ1) is 16.4. The molecule has 0 bridgehead atoms. The average Bonchev–Trinajstić information content (AvgIpc) is 3.09. The van der Waals surface area contributed by atoms with Crippen LogP contribution in [0.3, 0.4) is 0 Å². The van der Waals surface area contributed by atoms with Gasteiger partial charge in [0, 0.05) is 29.4 Å². The summed E-state index contributed by atoms with van der Waals surface area (Å²) < 4.78 is 16.2. The molecule has 3 aromatic rings. The van der Waals surface area contributed by atoms with Crippen LogP contribution in [-0.4, -0.2) is 33.1 Å². The van der Waals surface area contributed by atoms with Crippen LogP contribution in [0.2, 0.25) is 0 Å². The lowest BCUT2D eigenvalue weighted by molar-refractivity contribution is -0.120. The van der Waals surface area contributed by atoms with Crippen LogP contribution in [-0.2, 0) is 9.59 Å². The first kappa shape index (κ1) is 22.9. The Morgan fingerprint density at radius 1 is 0.765 bits per heavy atom. The third-order valence-corrected chi connectivity index (χ3v) is 5.69. The number of nitrogens with zero attached hydrogens (tertiary/aromatic N) is 1. The average molecular weight is 459 g/mol. The Bertz CT molecular complexity index is 1290. The number of nitrogens with one attached hydrogen (secondary N) is 1. The molecule has 7 heteroatoms. The van der Waals surface area contributed by atoms with E-state index in [-0.39, 0.29) is 11.3 Å². The summed E-state index contributed by atoms with van der Waals surface area (Å²) in [5.41, 5.74) is 3.74. The molecule has 0 spiro atoms. The maximum Gasteiger partial charge on any atom is 0.282 e. The number of para-hydroxylation sites is 1. The third-order valence-electron chi connectivity index (χ3n) is 5.69. The van der Waals surface area contributed by atoms with Crippen molar-refractivity contribution in [2.75, 3.05) is 31.5 Å². The lowest BCUT2D eigenvalue weighted by atomic mass is 10.0. The number of hydrogen-bond acceptors (Lipinski definition) is 6. The van der Waals surface area contributed by atoms with Gasteiger partial charge in [-0.25, -0.2) is 4.90 Å². The van der Waals surface area contributed by atoms with Gasteiger partial charge in [0.15, 0.2) is 0 Å². The molecule has 1 heterocycles. The second kappa shape index (κ2) is 9.31. The maximum absolute atomic E-state index is 13.8. The summed E-state index contributed by atoms with van der Waals surface area (Å²) in [7, 11) is 4.62. The van der Waals surface area contributed by atoms with Gasteiger partial charge in [-0.1, -0.05) is 30.3 Å². The van der Waals surface area contributed by atoms with Gasteiger partial charge < -0.3 is 19.5 Å². The van der Waals surface area contributed by atoms with Gasteiger partial charge in [-0.15, -0.1) is 0 Å². The molecular formula is C27H26N2O5. The number of hydrogen-bond donors (Lipinski definition) is 1. The van der Waals surface area contributed by atoms with Crippen LogP contribution in [0.5, 0.6) is 17.2 Å². The van der Waals surface area contributed by atoms with Crippen molar-refractivity contribution in [3.63, 3.8) is 0 Å². The van der Waals surface area contributed by atoms with Crippen LogP contribution >= 0.6 is 0 Å². The Balaban J connectivity index is 1.90. The van der Waals surface area contributed by atoms with Crippen molar-refractivity contribution in [1.29, 1.82) is 0 Å². The van der Waals surface area contributed by atoms with E-state index in [2.05, 4.69) is 5.32 Å². The van der Waals surface area contributed by atoms with Gasteiger partial charge in [0.1, 0.15) is 22.9 Å². The molecule has 174 valence electrons. The Morgan fingerprint density at radius 2 is 1.44 bits per heavy atom. The fraction of sp³-hybridized carbons (Fsp3) is 0.185. The second-order valence-corrected chi connectivity index (χ2v) is 7.91. The molecular weight excluding hydrogens is 432 g/mol. The summed E-state index contributed by atoms with van der Waals surface area (Å²) in [5, 5.41) is 3.16. The molecule has 4 rings (SSSR count). The standard InChI is InChI=1S/C27H26N2O5/c1-16-10-11-17(2)22(12-16)29-26(30)24(21-8-6-7-9-23(21)34-5)25(27(29)31)28-18-13-19(32-3)15-20(14-18)33-4/h6-15,28H,1-5H3. The maximum atomic E-state index is 13.8. The van der Waals surface area contributed by atoms with Crippen molar-refractivity contribution in [3.8, 4) is 17.2 Å². The summed E-state index contributed by atoms with van der Waals surface area (Å²) >= 11 is 0. The molecule has 34 heavy (non-hydrogen) atoms. The second-order valence-electron chi connectivity index (χ2n) is 7.91. The number of ether oxygens (including phenoxy) is 3. The highest BCUT2D eigenvalue weighted by atomic mass is 16.5. The van der Waals surface area contributed by atoms with E-state index in [9.17, 15) is 9.59 Å². The number of methoxy groups -OCH3 is 3. The monoisotopic (exact) mass is 458 g/mol. The lowest BCUT2D eigenvalue weighted by Crippen LogP contribution is -2.33. The molecule has 7 nitrogen and oxygen atoms in total. The van der Waals surface area contributed by atoms with E-state index in [1.807, 2.05) is 38.1 Å². The zero-order chi connectivity index (χ0) is 24.4. The molecule has 0 saturated heterocycles. The predicted octanol–water partition coefficient (Wildman–Crippen LogP) is 4.73. The molecule has 0 aromatic heterocycles. The molecule has 0 radical (unpaired) electrons. The van der Waals surface area contributed by atoms with Crippen LogP contribution in [0.1, 0.15) is 16.7 Å². The first-order valence-electron chi connectivity index (χ1n) is 10.7. The summed E-state index contributed by atoms with van der Waals surface area (Å²) in [6.07, 6.45) is 0. The summed E-state index contributed by atoms with van der Waals surface area (Å²) in [4.78, 5) is 28.8. The quantitative estimate of drug-likeness (QED) is 0.516.